The van der Waals surface area contributed by atoms with Gasteiger partial charge in [-0.1, -0.05) is 18.2 Å². The summed E-state index contributed by atoms with van der Waals surface area (Å²) >= 11 is 0. The van der Waals surface area contributed by atoms with E-state index in [1.165, 1.54) is 12.1 Å². The van der Waals surface area contributed by atoms with E-state index in [-0.39, 0.29) is 6.29 Å². The van der Waals surface area contributed by atoms with Crippen molar-refractivity contribution in [3.8, 4) is 0 Å². The van der Waals surface area contributed by atoms with Gasteiger partial charge < -0.3 is 4.90 Å². The molecule has 0 unspecified atom stereocenters. The lowest BCUT2D eigenvalue weighted by atomic mass is 9.97. The lowest BCUT2D eigenvalue weighted by Crippen LogP contribution is -2.49. The van der Waals surface area contributed by atoms with Crippen LogP contribution in [0, 0.1) is 5.92 Å². The van der Waals surface area contributed by atoms with Crippen LogP contribution >= 0.6 is 0 Å². The summed E-state index contributed by atoms with van der Waals surface area (Å²) in [4.78, 5) is 21.6. The van der Waals surface area contributed by atoms with Gasteiger partial charge in [0, 0.05) is 24.6 Å². The van der Waals surface area contributed by atoms with Crippen molar-refractivity contribution >= 4 is 22.0 Å². The lowest BCUT2D eigenvalue weighted by molar-refractivity contribution is -0.187. The van der Waals surface area contributed by atoms with Crippen molar-refractivity contribution in [2.24, 2.45) is 5.92 Å². The second kappa shape index (κ2) is 6.93. The summed E-state index contributed by atoms with van der Waals surface area (Å²) in [7, 11) is -5.24. The van der Waals surface area contributed by atoms with Crippen LogP contribution in [0.2, 0.25) is 0 Å². The molecular weight excluding hydrogens is 385 g/mol. The number of piperidine rings is 1. The predicted octanol–water partition coefficient (Wildman–Crippen LogP) is 2.67. The zero-order chi connectivity index (χ0) is 19.8. The van der Waals surface area contributed by atoms with E-state index in [2.05, 4.69) is 0 Å². The first-order valence-electron chi connectivity index (χ1n) is 7.45. The van der Waals surface area contributed by atoms with Gasteiger partial charge in [-0.15, -0.1) is 0 Å². The Kier molecular flexibility index (Phi) is 5.41. The molecule has 11 heteroatoms. The molecule has 1 saturated heterocycles. The zero-order valence-electron chi connectivity index (χ0n) is 13.2. The minimum atomic E-state index is -5.24. The number of benzene rings is 1. The fourth-order valence-corrected chi connectivity index (χ4v) is 4.44. The number of nitrogens with zero attached hydrogens (tertiary/aromatic N) is 1. The van der Waals surface area contributed by atoms with Gasteiger partial charge in [-0.3, -0.25) is 9.59 Å². The van der Waals surface area contributed by atoms with Crippen molar-refractivity contribution in [2.45, 2.75) is 29.2 Å². The average Bonchev–Trinajstić information content (AvgIpc) is 2.60. The van der Waals surface area contributed by atoms with Gasteiger partial charge in [0.1, 0.15) is 0 Å². The van der Waals surface area contributed by atoms with Crippen LogP contribution in [0.5, 0.6) is 0 Å². The average molecular weight is 399 g/mol. The number of rotatable bonds is 4. The third kappa shape index (κ3) is 3.57. The van der Waals surface area contributed by atoms with Crippen molar-refractivity contribution in [3.63, 3.8) is 0 Å². The van der Waals surface area contributed by atoms with Crippen molar-refractivity contribution in [1.82, 2.24) is 4.90 Å². The molecule has 0 aromatic heterocycles. The van der Waals surface area contributed by atoms with Crippen LogP contribution in [0.25, 0.3) is 0 Å². The molecule has 0 N–H and O–H groups in total. The molecule has 1 amide bonds. The van der Waals surface area contributed by atoms with Gasteiger partial charge in [-0.05, 0) is 18.9 Å². The third-order valence-electron chi connectivity index (χ3n) is 4.19. The number of sulfone groups is 1. The Bertz CT molecular complexity index is 798. The summed E-state index contributed by atoms with van der Waals surface area (Å²) < 4.78 is 91.1. The largest absolute Gasteiger partial charge is 0.471 e. The van der Waals surface area contributed by atoms with Crippen LogP contribution < -0.4 is 0 Å². The number of halogens is 5. The minimum Gasteiger partial charge on any atom is -0.335 e. The number of carbonyl (C=O) groups excluding carboxylic acids is 2. The second-order valence-corrected chi connectivity index (χ2v) is 7.78. The van der Waals surface area contributed by atoms with E-state index in [1.54, 1.807) is 0 Å². The van der Waals surface area contributed by atoms with E-state index in [0.29, 0.717) is 4.90 Å². The fourth-order valence-electron chi connectivity index (χ4n) is 2.79. The molecule has 1 aliphatic rings. The Morgan fingerprint density at radius 1 is 1.08 bits per heavy atom. The molecule has 1 aromatic rings. The molecule has 1 fully saturated rings. The van der Waals surface area contributed by atoms with E-state index in [0.717, 1.165) is 12.1 Å². The summed E-state index contributed by atoms with van der Waals surface area (Å²) in [6.45, 7) is -1.27. The summed E-state index contributed by atoms with van der Waals surface area (Å²) in [6.07, 6.45) is -6.22. The molecule has 0 saturated carbocycles. The highest BCUT2D eigenvalue weighted by molar-refractivity contribution is 7.92. The number of likely N-dealkylation sites (tertiary alicyclic amines) is 1. The van der Waals surface area contributed by atoms with Crippen LogP contribution in [-0.2, 0) is 14.6 Å². The number of alkyl halides is 5. The highest BCUT2D eigenvalue weighted by Gasteiger charge is 2.54. The summed E-state index contributed by atoms with van der Waals surface area (Å²) in [6, 6.07) is 4.43. The molecule has 0 bridgehead atoms. The van der Waals surface area contributed by atoms with Gasteiger partial charge in [0.15, 0.2) is 6.29 Å². The molecule has 0 aliphatic carbocycles. The molecular formula is C15H14F5NO4S. The molecule has 0 spiro atoms. The Hall–Kier alpha value is -2.04. The topological polar surface area (TPSA) is 71.5 Å². The number of carbonyl (C=O) groups is 2. The van der Waals surface area contributed by atoms with E-state index in [1.807, 2.05) is 0 Å². The Morgan fingerprint density at radius 2 is 1.62 bits per heavy atom. The monoisotopic (exact) mass is 399 g/mol. The van der Waals surface area contributed by atoms with E-state index < -0.39 is 69.5 Å². The first-order chi connectivity index (χ1) is 11.9. The normalized spacial score (nSPS) is 17.2. The Labute approximate surface area is 145 Å². The Balaban J connectivity index is 2.23. The molecule has 144 valence electrons. The minimum absolute atomic E-state index is 0.133. The molecule has 0 atom stereocenters. The molecule has 0 radical (unpaired) electrons. The maximum atomic E-state index is 14.6. The van der Waals surface area contributed by atoms with E-state index >= 15 is 0 Å². The maximum absolute atomic E-state index is 14.6. The van der Waals surface area contributed by atoms with Crippen molar-refractivity contribution < 1.29 is 40.0 Å². The van der Waals surface area contributed by atoms with Crippen LogP contribution in [0.15, 0.2) is 29.2 Å². The molecule has 2 rings (SSSR count). The van der Waals surface area contributed by atoms with Crippen LogP contribution in [0.1, 0.15) is 23.2 Å². The van der Waals surface area contributed by atoms with Gasteiger partial charge in [-0.2, -0.15) is 22.0 Å². The molecule has 1 heterocycles. The summed E-state index contributed by atoms with van der Waals surface area (Å²) in [5.41, 5.74) is -0.433. The number of hydrogen-bond acceptors (Lipinski definition) is 4. The molecule has 5 nitrogen and oxygen atoms in total. The fraction of sp³-hybridized carbons (Fsp3) is 0.467. The number of hydrogen-bond donors (Lipinski definition) is 0. The van der Waals surface area contributed by atoms with Gasteiger partial charge in [0.2, 0.25) is 9.84 Å². The summed E-state index contributed by atoms with van der Waals surface area (Å²) in [5.74, 6) is -3.92. The van der Waals surface area contributed by atoms with Gasteiger partial charge in [0.05, 0.1) is 4.90 Å². The maximum Gasteiger partial charge on any atom is 0.471 e. The van der Waals surface area contributed by atoms with Crippen molar-refractivity contribution in [3.05, 3.63) is 29.8 Å². The summed E-state index contributed by atoms with van der Waals surface area (Å²) in [5, 5.41) is -4.29. The van der Waals surface area contributed by atoms with E-state index in [9.17, 15) is 40.0 Å². The predicted molar refractivity (Wildman–Crippen MR) is 79.3 cm³/mol. The van der Waals surface area contributed by atoms with E-state index in [4.69, 9.17) is 0 Å². The smallest absolute Gasteiger partial charge is 0.335 e. The Morgan fingerprint density at radius 3 is 2.12 bits per heavy atom. The van der Waals surface area contributed by atoms with Crippen LogP contribution in [0.4, 0.5) is 22.0 Å². The van der Waals surface area contributed by atoms with Crippen molar-refractivity contribution in [1.29, 1.82) is 0 Å². The first kappa shape index (κ1) is 20.3. The first-order valence-corrected chi connectivity index (χ1v) is 8.94. The highest BCUT2D eigenvalue weighted by atomic mass is 32.2. The van der Waals surface area contributed by atoms with Gasteiger partial charge in [0.25, 0.3) is 0 Å². The molecule has 26 heavy (non-hydrogen) atoms. The third-order valence-corrected chi connectivity index (χ3v) is 6.19. The highest BCUT2D eigenvalue weighted by Crippen LogP contribution is 2.41. The van der Waals surface area contributed by atoms with Crippen LogP contribution in [0.3, 0.4) is 0 Å². The molecule has 1 aliphatic heterocycles. The van der Waals surface area contributed by atoms with Crippen LogP contribution in [-0.4, -0.2) is 50.0 Å². The quantitative estimate of drug-likeness (QED) is 0.577. The van der Waals surface area contributed by atoms with Gasteiger partial charge in [-0.25, -0.2) is 8.42 Å². The zero-order valence-corrected chi connectivity index (χ0v) is 14.0. The SMILES string of the molecule is O=Cc1ccccc1S(=O)(=O)C(F)(F)C1CCN(C(=O)C(F)(F)F)CC1. The number of amides is 1. The standard InChI is InChI=1S/C15H14F5NO4S/c16-14(17,18)13(23)21-7-5-11(6-8-21)15(19,20)26(24,25)12-4-2-1-3-10(12)9-22/h1-4,9,11H,5-8H2. The number of aldehydes is 1. The lowest BCUT2D eigenvalue weighted by Gasteiger charge is -2.35. The second-order valence-electron chi connectivity index (χ2n) is 5.79. The van der Waals surface area contributed by atoms with Crippen molar-refractivity contribution in [2.75, 3.05) is 13.1 Å². The van der Waals surface area contributed by atoms with Gasteiger partial charge >= 0.3 is 17.3 Å². The molecule has 1 aromatic carbocycles.